The van der Waals surface area contributed by atoms with Crippen LogP contribution in [0.15, 0.2) is 78.9 Å². The Balaban J connectivity index is 1.18. The van der Waals surface area contributed by atoms with Gasteiger partial charge in [-0.3, -0.25) is 4.79 Å². The van der Waals surface area contributed by atoms with Crippen molar-refractivity contribution in [1.82, 2.24) is 15.5 Å². The molecule has 3 amide bonds. The SMILES string of the molecule is N#Cc1ccc(CCC(=O)N2CCC(NC(=O)N[C@@H](Cc3ccc(OCc4ccccc4)cc3)C(=O)O)CC2)cc1. The Kier molecular flexibility index (Phi) is 10.3. The first kappa shape index (κ1) is 29.2. The zero-order valence-electron chi connectivity index (χ0n) is 22.8. The third-order valence-electron chi connectivity index (χ3n) is 7.11. The summed E-state index contributed by atoms with van der Waals surface area (Å²) in [7, 11) is 0. The topological polar surface area (TPSA) is 132 Å². The average molecular weight is 555 g/mol. The molecule has 1 heterocycles. The van der Waals surface area contributed by atoms with E-state index in [9.17, 15) is 19.5 Å². The number of benzene rings is 3. The molecule has 4 rings (SSSR count). The van der Waals surface area contributed by atoms with E-state index < -0.39 is 18.0 Å². The summed E-state index contributed by atoms with van der Waals surface area (Å²) in [6, 6.07) is 24.5. The van der Waals surface area contributed by atoms with Crippen LogP contribution in [0.1, 0.15) is 41.5 Å². The highest BCUT2D eigenvalue weighted by atomic mass is 16.5. The lowest BCUT2D eigenvalue weighted by Gasteiger charge is -2.32. The molecule has 0 aromatic heterocycles. The molecule has 1 atom stereocenters. The minimum Gasteiger partial charge on any atom is -0.489 e. The number of carboxylic acid groups (broad SMARTS) is 1. The minimum absolute atomic E-state index is 0.0553. The van der Waals surface area contributed by atoms with Crippen LogP contribution in [0.25, 0.3) is 0 Å². The van der Waals surface area contributed by atoms with E-state index in [0.29, 0.717) is 56.7 Å². The monoisotopic (exact) mass is 554 g/mol. The van der Waals surface area contributed by atoms with Crippen LogP contribution in [0.2, 0.25) is 0 Å². The smallest absolute Gasteiger partial charge is 0.326 e. The Morgan fingerprint density at radius 1 is 0.927 bits per heavy atom. The molecule has 41 heavy (non-hydrogen) atoms. The minimum atomic E-state index is -1.12. The van der Waals surface area contributed by atoms with Gasteiger partial charge in [-0.25, -0.2) is 9.59 Å². The van der Waals surface area contributed by atoms with Crippen molar-refractivity contribution in [3.63, 3.8) is 0 Å². The summed E-state index contributed by atoms with van der Waals surface area (Å²) < 4.78 is 5.78. The van der Waals surface area contributed by atoms with Crippen molar-refractivity contribution in [1.29, 1.82) is 5.26 Å². The van der Waals surface area contributed by atoms with Crippen molar-refractivity contribution >= 4 is 17.9 Å². The van der Waals surface area contributed by atoms with Gasteiger partial charge in [-0.05, 0) is 60.2 Å². The normalized spacial score (nSPS) is 14.0. The molecule has 1 aliphatic heterocycles. The predicted octanol–water partition coefficient (Wildman–Crippen LogP) is 4.06. The van der Waals surface area contributed by atoms with E-state index in [1.165, 1.54) is 0 Å². The third kappa shape index (κ3) is 9.11. The number of carboxylic acids is 1. The Morgan fingerprint density at radius 3 is 2.22 bits per heavy atom. The third-order valence-corrected chi connectivity index (χ3v) is 7.11. The molecule has 0 unspecified atom stereocenters. The van der Waals surface area contributed by atoms with Gasteiger partial charge in [0.2, 0.25) is 5.91 Å². The van der Waals surface area contributed by atoms with E-state index in [1.54, 1.807) is 41.3 Å². The Labute approximate surface area is 239 Å². The number of amides is 3. The molecule has 3 aromatic carbocycles. The predicted molar refractivity (Wildman–Crippen MR) is 153 cm³/mol. The molecule has 3 aromatic rings. The van der Waals surface area contributed by atoms with E-state index in [4.69, 9.17) is 10.00 Å². The van der Waals surface area contributed by atoms with Gasteiger partial charge in [-0.15, -0.1) is 0 Å². The second-order valence-corrected chi connectivity index (χ2v) is 10.1. The molecule has 1 aliphatic rings. The van der Waals surface area contributed by atoms with Crippen molar-refractivity contribution in [2.24, 2.45) is 0 Å². The van der Waals surface area contributed by atoms with Crippen LogP contribution in [0, 0.1) is 11.3 Å². The summed E-state index contributed by atoms with van der Waals surface area (Å²) >= 11 is 0. The van der Waals surface area contributed by atoms with E-state index in [-0.39, 0.29) is 18.4 Å². The molecule has 0 bridgehead atoms. The lowest BCUT2D eigenvalue weighted by atomic mass is 10.0. The molecule has 0 radical (unpaired) electrons. The zero-order chi connectivity index (χ0) is 29.0. The summed E-state index contributed by atoms with van der Waals surface area (Å²) in [5, 5.41) is 24.0. The molecule has 0 aliphatic carbocycles. The Bertz CT molecular complexity index is 1350. The molecule has 0 saturated carbocycles. The summed E-state index contributed by atoms with van der Waals surface area (Å²) in [6.45, 7) is 1.49. The molecule has 212 valence electrons. The van der Waals surface area contributed by atoms with Crippen molar-refractivity contribution in [3.8, 4) is 11.8 Å². The highest BCUT2D eigenvalue weighted by Gasteiger charge is 2.26. The van der Waals surface area contributed by atoms with Gasteiger partial charge in [0, 0.05) is 32.0 Å². The molecule has 1 fully saturated rings. The fraction of sp³-hybridized carbons (Fsp3) is 0.312. The number of nitriles is 1. The van der Waals surface area contributed by atoms with Crippen molar-refractivity contribution in [2.45, 2.75) is 50.8 Å². The van der Waals surface area contributed by atoms with Crippen LogP contribution >= 0.6 is 0 Å². The molecule has 9 heteroatoms. The van der Waals surface area contributed by atoms with Gasteiger partial charge in [0.05, 0.1) is 11.6 Å². The van der Waals surface area contributed by atoms with Crippen LogP contribution in [0.5, 0.6) is 5.75 Å². The summed E-state index contributed by atoms with van der Waals surface area (Å²) in [4.78, 5) is 38.9. The number of hydrogen-bond acceptors (Lipinski definition) is 5. The van der Waals surface area contributed by atoms with E-state index in [2.05, 4.69) is 16.7 Å². The lowest BCUT2D eigenvalue weighted by Crippen LogP contribution is -2.52. The molecule has 1 saturated heterocycles. The fourth-order valence-corrected chi connectivity index (χ4v) is 4.71. The largest absolute Gasteiger partial charge is 0.489 e. The summed E-state index contributed by atoms with van der Waals surface area (Å²) in [6.07, 6.45) is 2.31. The van der Waals surface area contributed by atoms with Gasteiger partial charge in [0.1, 0.15) is 18.4 Å². The Hall–Kier alpha value is -4.84. The first-order valence-electron chi connectivity index (χ1n) is 13.7. The summed E-state index contributed by atoms with van der Waals surface area (Å²) in [5.41, 5.74) is 3.41. The lowest BCUT2D eigenvalue weighted by molar-refractivity contribution is -0.139. The number of aryl methyl sites for hydroxylation is 1. The van der Waals surface area contributed by atoms with Crippen LogP contribution in [0.3, 0.4) is 0 Å². The van der Waals surface area contributed by atoms with Crippen LogP contribution in [-0.2, 0) is 29.0 Å². The number of carbonyl (C=O) groups is 3. The maximum Gasteiger partial charge on any atom is 0.326 e. The van der Waals surface area contributed by atoms with E-state index in [1.807, 2.05) is 42.5 Å². The molecule has 3 N–H and O–H groups in total. The van der Waals surface area contributed by atoms with Crippen LogP contribution < -0.4 is 15.4 Å². The second-order valence-electron chi connectivity index (χ2n) is 10.1. The number of likely N-dealkylation sites (tertiary alicyclic amines) is 1. The number of rotatable bonds is 11. The van der Waals surface area contributed by atoms with Crippen LogP contribution in [-0.4, -0.2) is 53.1 Å². The van der Waals surface area contributed by atoms with Crippen molar-refractivity contribution in [2.75, 3.05) is 13.1 Å². The van der Waals surface area contributed by atoms with Crippen molar-refractivity contribution < 1.29 is 24.2 Å². The first-order valence-corrected chi connectivity index (χ1v) is 13.7. The maximum absolute atomic E-state index is 12.6. The number of nitrogens with one attached hydrogen (secondary N) is 2. The van der Waals surface area contributed by atoms with Gasteiger partial charge in [-0.2, -0.15) is 5.26 Å². The van der Waals surface area contributed by atoms with E-state index >= 15 is 0 Å². The highest BCUT2D eigenvalue weighted by Crippen LogP contribution is 2.16. The molecule has 0 spiro atoms. The number of carbonyl (C=O) groups excluding carboxylic acids is 2. The molecular formula is C32H34N4O5. The maximum atomic E-state index is 12.6. The summed E-state index contributed by atoms with van der Waals surface area (Å²) in [5.74, 6) is -0.388. The quantitative estimate of drug-likeness (QED) is 0.328. The number of aliphatic carboxylic acids is 1. The molecule has 9 nitrogen and oxygen atoms in total. The first-order chi connectivity index (χ1) is 19.9. The number of hydrogen-bond donors (Lipinski definition) is 3. The number of nitrogens with zero attached hydrogens (tertiary/aromatic N) is 2. The standard InChI is InChI=1S/C32H34N4O5/c33-21-25-8-6-23(7-9-25)12-15-30(37)36-18-16-27(17-19-36)34-32(40)35-29(31(38)39)20-24-10-13-28(14-11-24)41-22-26-4-2-1-3-5-26/h1-11,13-14,27,29H,12,15-20,22H2,(H,38,39)(H2,34,35,40)/t29-/m0/s1. The van der Waals surface area contributed by atoms with Crippen LogP contribution in [0.4, 0.5) is 4.79 Å². The van der Waals surface area contributed by atoms with Gasteiger partial charge in [-0.1, -0.05) is 54.6 Å². The second kappa shape index (κ2) is 14.5. The number of ether oxygens (including phenoxy) is 1. The zero-order valence-corrected chi connectivity index (χ0v) is 22.8. The highest BCUT2D eigenvalue weighted by molar-refractivity contribution is 5.83. The average Bonchev–Trinajstić information content (AvgIpc) is 3.00. The Morgan fingerprint density at radius 2 is 1.59 bits per heavy atom. The van der Waals surface area contributed by atoms with E-state index in [0.717, 1.165) is 16.7 Å². The number of urea groups is 1. The van der Waals surface area contributed by atoms with Gasteiger partial charge in [0.15, 0.2) is 0 Å². The molecular weight excluding hydrogens is 520 g/mol. The fourth-order valence-electron chi connectivity index (χ4n) is 4.71. The van der Waals surface area contributed by atoms with Crippen molar-refractivity contribution in [3.05, 3.63) is 101 Å². The van der Waals surface area contributed by atoms with Gasteiger partial charge >= 0.3 is 12.0 Å². The van der Waals surface area contributed by atoms with Gasteiger partial charge in [0.25, 0.3) is 0 Å². The number of piperidine rings is 1. The van der Waals surface area contributed by atoms with Gasteiger partial charge < -0.3 is 25.4 Å².